The van der Waals surface area contributed by atoms with Gasteiger partial charge in [-0.25, -0.2) is 4.68 Å². The minimum Gasteiger partial charge on any atom is -0.390 e. The van der Waals surface area contributed by atoms with Gasteiger partial charge in [-0.05, 0) is 31.2 Å². The van der Waals surface area contributed by atoms with Gasteiger partial charge in [0.05, 0.1) is 29.2 Å². The third-order valence-electron chi connectivity index (χ3n) is 2.55. The monoisotopic (exact) mass is 257 g/mol. The highest BCUT2D eigenvalue weighted by Crippen LogP contribution is 2.29. The molecular formula is C11H10F3N3O. The highest BCUT2D eigenvalue weighted by atomic mass is 19.4. The topological polar surface area (TPSA) is 50.9 Å². The van der Waals surface area contributed by atoms with Gasteiger partial charge in [-0.15, -0.1) is 5.10 Å². The van der Waals surface area contributed by atoms with Gasteiger partial charge in [-0.1, -0.05) is 5.21 Å². The quantitative estimate of drug-likeness (QED) is 0.896. The van der Waals surface area contributed by atoms with E-state index in [1.807, 2.05) is 0 Å². The molecule has 0 radical (unpaired) electrons. The molecule has 4 nitrogen and oxygen atoms in total. The maximum Gasteiger partial charge on any atom is 0.416 e. The number of halogens is 3. The number of aromatic nitrogens is 3. The molecule has 0 unspecified atom stereocenters. The van der Waals surface area contributed by atoms with Gasteiger partial charge in [0, 0.05) is 0 Å². The van der Waals surface area contributed by atoms with Crippen LogP contribution in [0.1, 0.15) is 17.0 Å². The van der Waals surface area contributed by atoms with Gasteiger partial charge in [-0.3, -0.25) is 0 Å². The second-order valence-electron chi connectivity index (χ2n) is 3.74. The summed E-state index contributed by atoms with van der Waals surface area (Å²) in [6.07, 6.45) is -4.36. The van der Waals surface area contributed by atoms with Crippen molar-refractivity contribution in [1.29, 1.82) is 0 Å². The highest BCUT2D eigenvalue weighted by Gasteiger charge is 2.30. The van der Waals surface area contributed by atoms with E-state index in [9.17, 15) is 13.2 Å². The minimum absolute atomic E-state index is 0.278. The Morgan fingerprint density at radius 1 is 1.22 bits per heavy atom. The number of aryl methyl sites for hydroxylation is 1. The van der Waals surface area contributed by atoms with Gasteiger partial charge in [0.15, 0.2) is 0 Å². The van der Waals surface area contributed by atoms with Gasteiger partial charge in [0.1, 0.15) is 0 Å². The average molecular weight is 257 g/mol. The van der Waals surface area contributed by atoms with Gasteiger partial charge in [-0.2, -0.15) is 13.2 Å². The van der Waals surface area contributed by atoms with Gasteiger partial charge < -0.3 is 5.11 Å². The van der Waals surface area contributed by atoms with Crippen LogP contribution in [0, 0.1) is 6.92 Å². The fraction of sp³-hybridized carbons (Fsp3) is 0.273. The molecule has 2 rings (SSSR count). The lowest BCUT2D eigenvalue weighted by Gasteiger charge is -2.08. The van der Waals surface area contributed by atoms with E-state index in [0.717, 1.165) is 12.1 Å². The lowest BCUT2D eigenvalue weighted by Crippen LogP contribution is -2.07. The van der Waals surface area contributed by atoms with Crippen molar-refractivity contribution < 1.29 is 18.3 Å². The van der Waals surface area contributed by atoms with E-state index in [-0.39, 0.29) is 6.61 Å². The maximum absolute atomic E-state index is 12.4. The molecule has 1 aromatic heterocycles. The summed E-state index contributed by atoms with van der Waals surface area (Å²) in [6, 6.07) is 4.51. The Morgan fingerprint density at radius 3 is 2.33 bits per heavy atom. The number of alkyl halides is 3. The first-order valence-corrected chi connectivity index (χ1v) is 5.13. The molecule has 0 amide bonds. The zero-order valence-corrected chi connectivity index (χ0v) is 9.44. The molecule has 1 heterocycles. The maximum atomic E-state index is 12.4. The Hall–Kier alpha value is -1.89. The van der Waals surface area contributed by atoms with Crippen molar-refractivity contribution in [2.45, 2.75) is 19.7 Å². The minimum atomic E-state index is -4.36. The Morgan fingerprint density at radius 2 is 1.83 bits per heavy atom. The Labute approximate surface area is 101 Å². The van der Waals surface area contributed by atoms with Crippen molar-refractivity contribution in [3.05, 3.63) is 41.2 Å². The Kier molecular flexibility index (Phi) is 3.08. The highest BCUT2D eigenvalue weighted by molar-refractivity contribution is 5.36. The predicted octanol–water partition coefficient (Wildman–Crippen LogP) is 2.09. The molecule has 7 heteroatoms. The van der Waals surface area contributed by atoms with Crippen LogP contribution in [0.2, 0.25) is 0 Å². The standard InChI is InChI=1S/C11H10F3N3O/c1-7-10(6-18)17(16-15-7)9-4-2-8(3-5-9)11(12,13)14/h2-5,18H,6H2,1H3. The van der Waals surface area contributed by atoms with Gasteiger partial charge in [0.25, 0.3) is 0 Å². The van der Waals surface area contributed by atoms with Crippen LogP contribution >= 0.6 is 0 Å². The van der Waals surface area contributed by atoms with E-state index >= 15 is 0 Å². The van der Waals surface area contributed by atoms with Gasteiger partial charge in [0.2, 0.25) is 0 Å². The molecule has 18 heavy (non-hydrogen) atoms. The third kappa shape index (κ3) is 2.21. The lowest BCUT2D eigenvalue weighted by molar-refractivity contribution is -0.137. The summed E-state index contributed by atoms with van der Waals surface area (Å²) >= 11 is 0. The molecule has 1 N–H and O–H groups in total. The Bertz CT molecular complexity index is 546. The second kappa shape index (κ2) is 4.41. The van der Waals surface area contributed by atoms with Crippen molar-refractivity contribution in [2.24, 2.45) is 0 Å². The zero-order valence-electron chi connectivity index (χ0n) is 9.44. The van der Waals surface area contributed by atoms with Crippen LogP contribution in [0.4, 0.5) is 13.2 Å². The normalized spacial score (nSPS) is 11.8. The van der Waals surface area contributed by atoms with Crippen LogP contribution in [-0.2, 0) is 12.8 Å². The van der Waals surface area contributed by atoms with E-state index in [1.54, 1.807) is 6.92 Å². The summed E-state index contributed by atoms with van der Waals surface area (Å²) in [7, 11) is 0. The van der Waals surface area contributed by atoms with Crippen LogP contribution in [-0.4, -0.2) is 20.1 Å². The number of aliphatic hydroxyl groups is 1. The van der Waals surface area contributed by atoms with Crippen LogP contribution in [0.3, 0.4) is 0 Å². The third-order valence-corrected chi connectivity index (χ3v) is 2.55. The van der Waals surface area contributed by atoms with Crippen LogP contribution in [0.15, 0.2) is 24.3 Å². The van der Waals surface area contributed by atoms with Crippen LogP contribution in [0.25, 0.3) is 5.69 Å². The summed E-state index contributed by atoms with van der Waals surface area (Å²) in [5, 5.41) is 16.7. The molecular weight excluding hydrogens is 247 g/mol. The smallest absolute Gasteiger partial charge is 0.390 e. The summed E-state index contributed by atoms with van der Waals surface area (Å²) < 4.78 is 38.5. The van der Waals surface area contributed by atoms with Crippen molar-refractivity contribution in [3.63, 3.8) is 0 Å². The molecule has 0 aliphatic heterocycles. The van der Waals surface area contributed by atoms with E-state index in [0.29, 0.717) is 17.1 Å². The Balaban J connectivity index is 2.40. The molecule has 0 saturated carbocycles. The SMILES string of the molecule is Cc1nnn(-c2ccc(C(F)(F)F)cc2)c1CO. The first-order chi connectivity index (χ1) is 8.43. The zero-order chi connectivity index (χ0) is 13.3. The number of rotatable bonds is 2. The lowest BCUT2D eigenvalue weighted by atomic mass is 10.2. The summed E-state index contributed by atoms with van der Waals surface area (Å²) in [5.74, 6) is 0. The fourth-order valence-electron chi connectivity index (χ4n) is 1.56. The van der Waals surface area contributed by atoms with Crippen molar-refractivity contribution in [2.75, 3.05) is 0 Å². The molecule has 0 aliphatic rings. The van der Waals surface area contributed by atoms with E-state index in [2.05, 4.69) is 10.3 Å². The number of hydrogen-bond acceptors (Lipinski definition) is 3. The molecule has 0 bridgehead atoms. The molecule has 2 aromatic rings. The first kappa shape index (κ1) is 12.6. The fourth-order valence-corrected chi connectivity index (χ4v) is 1.56. The number of nitrogens with zero attached hydrogens (tertiary/aromatic N) is 3. The van der Waals surface area contributed by atoms with Crippen molar-refractivity contribution in [1.82, 2.24) is 15.0 Å². The van der Waals surface area contributed by atoms with Gasteiger partial charge >= 0.3 is 6.18 Å². The largest absolute Gasteiger partial charge is 0.416 e. The average Bonchev–Trinajstić information content (AvgIpc) is 2.69. The molecule has 0 saturated heterocycles. The van der Waals surface area contributed by atoms with E-state index < -0.39 is 11.7 Å². The summed E-state index contributed by atoms with van der Waals surface area (Å²) in [6.45, 7) is 1.39. The molecule has 1 aromatic carbocycles. The van der Waals surface area contributed by atoms with Crippen molar-refractivity contribution >= 4 is 0 Å². The first-order valence-electron chi connectivity index (χ1n) is 5.13. The van der Waals surface area contributed by atoms with E-state index in [1.165, 1.54) is 16.8 Å². The van der Waals surface area contributed by atoms with Crippen LogP contribution < -0.4 is 0 Å². The second-order valence-corrected chi connectivity index (χ2v) is 3.74. The van der Waals surface area contributed by atoms with Crippen molar-refractivity contribution in [3.8, 4) is 5.69 Å². The predicted molar refractivity (Wildman–Crippen MR) is 57.0 cm³/mol. The molecule has 0 aliphatic carbocycles. The molecule has 0 spiro atoms. The molecule has 0 fully saturated rings. The van der Waals surface area contributed by atoms with Crippen LogP contribution in [0.5, 0.6) is 0 Å². The number of hydrogen-bond donors (Lipinski definition) is 1. The molecule has 96 valence electrons. The number of benzene rings is 1. The van der Waals surface area contributed by atoms with E-state index in [4.69, 9.17) is 5.11 Å². The summed E-state index contributed by atoms with van der Waals surface area (Å²) in [4.78, 5) is 0. The summed E-state index contributed by atoms with van der Waals surface area (Å²) in [5.41, 5.74) is 0.688. The molecule has 0 atom stereocenters. The number of aliphatic hydroxyl groups excluding tert-OH is 1.